The van der Waals surface area contributed by atoms with Crippen molar-refractivity contribution in [2.24, 2.45) is 5.92 Å². The molecule has 1 atom stereocenters. The van der Waals surface area contributed by atoms with Crippen molar-refractivity contribution < 1.29 is 18.3 Å². The highest BCUT2D eigenvalue weighted by Crippen LogP contribution is 2.30. The standard InChI is InChI=1S/C18H26N2O4S/c1-25(23,24)19-11-13-5-4-8-20(12-13)18(22)16-9-14-6-2-3-7-15(14)10-17(16)21/h9-10,13,19,21H,2-8,11-12H2,1H3. The summed E-state index contributed by atoms with van der Waals surface area (Å²) in [6.07, 6.45) is 7.03. The lowest BCUT2D eigenvalue weighted by Gasteiger charge is -2.33. The Morgan fingerprint density at radius 2 is 1.92 bits per heavy atom. The number of fused-ring (bicyclic) bond motifs is 1. The smallest absolute Gasteiger partial charge is 0.257 e. The van der Waals surface area contributed by atoms with E-state index in [1.54, 1.807) is 11.0 Å². The minimum absolute atomic E-state index is 0.0574. The molecule has 25 heavy (non-hydrogen) atoms. The van der Waals surface area contributed by atoms with Gasteiger partial charge in [-0.2, -0.15) is 0 Å². The lowest BCUT2D eigenvalue weighted by Crippen LogP contribution is -2.43. The van der Waals surface area contributed by atoms with Gasteiger partial charge in [-0.25, -0.2) is 13.1 Å². The van der Waals surface area contributed by atoms with Crippen LogP contribution in [0, 0.1) is 5.92 Å². The zero-order valence-corrected chi connectivity index (χ0v) is 15.4. The summed E-state index contributed by atoms with van der Waals surface area (Å²) in [5, 5.41) is 10.3. The molecule has 0 spiro atoms. The number of carbonyl (C=O) groups is 1. The van der Waals surface area contributed by atoms with E-state index in [0.29, 0.717) is 25.2 Å². The van der Waals surface area contributed by atoms with Gasteiger partial charge in [-0.05, 0) is 67.7 Å². The Labute approximate surface area is 149 Å². The van der Waals surface area contributed by atoms with Gasteiger partial charge in [0.1, 0.15) is 5.75 Å². The number of rotatable bonds is 4. The molecule has 1 aromatic rings. The van der Waals surface area contributed by atoms with Gasteiger partial charge in [0, 0.05) is 19.6 Å². The minimum atomic E-state index is -3.22. The predicted octanol–water partition coefficient (Wildman–Crippen LogP) is 1.67. The van der Waals surface area contributed by atoms with Crippen molar-refractivity contribution in [1.82, 2.24) is 9.62 Å². The van der Waals surface area contributed by atoms with Crippen LogP contribution in [0.15, 0.2) is 12.1 Å². The maximum Gasteiger partial charge on any atom is 0.257 e. The number of hydrogen-bond acceptors (Lipinski definition) is 4. The van der Waals surface area contributed by atoms with E-state index in [-0.39, 0.29) is 17.6 Å². The monoisotopic (exact) mass is 366 g/mol. The fraction of sp³-hybridized carbons (Fsp3) is 0.611. The second-order valence-electron chi connectivity index (χ2n) is 7.23. The van der Waals surface area contributed by atoms with Crippen molar-refractivity contribution in [3.8, 4) is 5.75 Å². The third kappa shape index (κ3) is 4.52. The molecular formula is C18H26N2O4S. The van der Waals surface area contributed by atoms with E-state index in [1.165, 1.54) is 5.56 Å². The van der Waals surface area contributed by atoms with Crippen molar-refractivity contribution in [3.05, 3.63) is 28.8 Å². The van der Waals surface area contributed by atoms with Gasteiger partial charge in [0.15, 0.2) is 0 Å². The summed E-state index contributed by atoms with van der Waals surface area (Å²) in [6, 6.07) is 3.60. The number of likely N-dealkylation sites (tertiary alicyclic amines) is 1. The molecule has 1 unspecified atom stereocenters. The molecule has 1 saturated heterocycles. The summed E-state index contributed by atoms with van der Waals surface area (Å²) in [5.74, 6) is 0.00385. The Bertz CT molecular complexity index is 761. The molecule has 1 aromatic carbocycles. The second kappa shape index (κ2) is 7.33. The molecule has 2 N–H and O–H groups in total. The van der Waals surface area contributed by atoms with Gasteiger partial charge in [0.05, 0.1) is 11.8 Å². The number of nitrogens with zero attached hydrogens (tertiary/aromatic N) is 1. The van der Waals surface area contributed by atoms with Crippen LogP contribution in [0.2, 0.25) is 0 Å². The molecule has 1 aliphatic carbocycles. The van der Waals surface area contributed by atoms with Gasteiger partial charge in [0.25, 0.3) is 5.91 Å². The zero-order valence-electron chi connectivity index (χ0n) is 14.6. The van der Waals surface area contributed by atoms with Crippen LogP contribution in [-0.4, -0.2) is 50.2 Å². The maximum absolute atomic E-state index is 12.9. The van der Waals surface area contributed by atoms with Crippen molar-refractivity contribution in [3.63, 3.8) is 0 Å². The average Bonchev–Trinajstić information content (AvgIpc) is 2.58. The first-order valence-corrected chi connectivity index (χ1v) is 10.8. The third-order valence-electron chi connectivity index (χ3n) is 5.13. The zero-order chi connectivity index (χ0) is 18.0. The van der Waals surface area contributed by atoms with Gasteiger partial charge in [0.2, 0.25) is 10.0 Å². The predicted molar refractivity (Wildman–Crippen MR) is 96.2 cm³/mol. The molecule has 3 rings (SSSR count). The van der Waals surface area contributed by atoms with Crippen LogP contribution in [0.4, 0.5) is 0 Å². The van der Waals surface area contributed by atoms with E-state index in [0.717, 1.165) is 50.3 Å². The molecule has 7 heteroatoms. The van der Waals surface area contributed by atoms with Gasteiger partial charge < -0.3 is 10.0 Å². The highest BCUT2D eigenvalue weighted by molar-refractivity contribution is 7.88. The molecule has 2 aliphatic rings. The lowest BCUT2D eigenvalue weighted by molar-refractivity contribution is 0.0673. The highest BCUT2D eigenvalue weighted by atomic mass is 32.2. The van der Waals surface area contributed by atoms with Crippen molar-refractivity contribution >= 4 is 15.9 Å². The van der Waals surface area contributed by atoms with Crippen molar-refractivity contribution in [2.75, 3.05) is 25.9 Å². The molecule has 1 heterocycles. The summed E-state index contributed by atoms with van der Waals surface area (Å²) in [6.45, 7) is 1.50. The number of phenols is 1. The van der Waals surface area contributed by atoms with Crippen LogP contribution < -0.4 is 4.72 Å². The fourth-order valence-electron chi connectivity index (χ4n) is 3.80. The summed E-state index contributed by atoms with van der Waals surface area (Å²) >= 11 is 0. The topological polar surface area (TPSA) is 86.7 Å². The first kappa shape index (κ1) is 18.2. The number of benzene rings is 1. The van der Waals surface area contributed by atoms with Crippen LogP contribution in [-0.2, 0) is 22.9 Å². The van der Waals surface area contributed by atoms with Crippen LogP contribution in [0.1, 0.15) is 47.2 Å². The number of amides is 1. The number of aromatic hydroxyl groups is 1. The minimum Gasteiger partial charge on any atom is -0.507 e. The number of piperidine rings is 1. The average molecular weight is 366 g/mol. The number of hydrogen-bond donors (Lipinski definition) is 2. The maximum atomic E-state index is 12.9. The third-order valence-corrected chi connectivity index (χ3v) is 5.82. The number of aryl methyl sites for hydroxylation is 2. The molecular weight excluding hydrogens is 340 g/mol. The Balaban J connectivity index is 1.72. The van der Waals surface area contributed by atoms with Crippen LogP contribution in [0.3, 0.4) is 0 Å². The van der Waals surface area contributed by atoms with Crippen LogP contribution >= 0.6 is 0 Å². The second-order valence-corrected chi connectivity index (χ2v) is 9.06. The Morgan fingerprint density at radius 3 is 2.60 bits per heavy atom. The normalized spacial score (nSPS) is 21.0. The Kier molecular flexibility index (Phi) is 5.34. The quantitative estimate of drug-likeness (QED) is 0.849. The number of sulfonamides is 1. The molecule has 1 fully saturated rings. The van der Waals surface area contributed by atoms with E-state index in [1.807, 2.05) is 6.07 Å². The highest BCUT2D eigenvalue weighted by Gasteiger charge is 2.27. The van der Waals surface area contributed by atoms with Gasteiger partial charge in [-0.15, -0.1) is 0 Å². The molecule has 0 radical (unpaired) electrons. The molecule has 0 saturated carbocycles. The van der Waals surface area contributed by atoms with Gasteiger partial charge in [-0.3, -0.25) is 4.79 Å². The van der Waals surface area contributed by atoms with Crippen LogP contribution in [0.5, 0.6) is 5.75 Å². The first-order chi connectivity index (χ1) is 11.8. The number of phenolic OH excluding ortho intramolecular Hbond substituents is 1. The first-order valence-electron chi connectivity index (χ1n) is 8.92. The largest absolute Gasteiger partial charge is 0.507 e. The van der Waals surface area contributed by atoms with Gasteiger partial charge >= 0.3 is 0 Å². The lowest BCUT2D eigenvalue weighted by atomic mass is 9.89. The Morgan fingerprint density at radius 1 is 1.24 bits per heavy atom. The SMILES string of the molecule is CS(=O)(=O)NCC1CCCN(C(=O)c2cc3c(cc2O)CCCC3)C1. The van der Waals surface area contributed by atoms with Crippen LogP contribution in [0.25, 0.3) is 0 Å². The molecule has 1 aliphatic heterocycles. The van der Waals surface area contributed by atoms with E-state index in [9.17, 15) is 18.3 Å². The molecule has 0 aromatic heterocycles. The Hall–Kier alpha value is -1.60. The summed E-state index contributed by atoms with van der Waals surface area (Å²) in [7, 11) is -3.22. The number of nitrogens with one attached hydrogen (secondary N) is 1. The van der Waals surface area contributed by atoms with E-state index >= 15 is 0 Å². The van der Waals surface area contributed by atoms with Gasteiger partial charge in [-0.1, -0.05) is 0 Å². The molecule has 0 bridgehead atoms. The molecule has 138 valence electrons. The van der Waals surface area contributed by atoms with E-state index in [4.69, 9.17) is 0 Å². The fourth-order valence-corrected chi connectivity index (χ4v) is 4.34. The van der Waals surface area contributed by atoms with E-state index in [2.05, 4.69) is 4.72 Å². The van der Waals surface area contributed by atoms with Crippen molar-refractivity contribution in [2.45, 2.75) is 38.5 Å². The summed E-state index contributed by atoms with van der Waals surface area (Å²) in [5.41, 5.74) is 2.69. The number of carbonyl (C=O) groups excluding carboxylic acids is 1. The summed E-state index contributed by atoms with van der Waals surface area (Å²) < 4.78 is 25.1. The molecule has 1 amide bonds. The van der Waals surface area contributed by atoms with Crippen molar-refractivity contribution in [1.29, 1.82) is 0 Å². The molecule has 6 nitrogen and oxygen atoms in total. The summed E-state index contributed by atoms with van der Waals surface area (Å²) in [4.78, 5) is 14.6. The van der Waals surface area contributed by atoms with E-state index < -0.39 is 10.0 Å².